The van der Waals surface area contributed by atoms with E-state index in [1.165, 1.54) is 12.8 Å². The minimum absolute atomic E-state index is 0.481. The zero-order chi connectivity index (χ0) is 11.4. The van der Waals surface area contributed by atoms with Gasteiger partial charge in [0.2, 0.25) is 0 Å². The predicted octanol–water partition coefficient (Wildman–Crippen LogP) is 2.07. The molecule has 1 saturated carbocycles. The first-order valence-corrected chi connectivity index (χ1v) is 6.61. The average molecular weight is 284 g/mol. The predicted molar refractivity (Wildman–Crippen MR) is 69.3 cm³/mol. The zero-order valence-corrected chi connectivity index (χ0v) is 11.1. The molecule has 0 radical (unpaired) electrons. The highest BCUT2D eigenvalue weighted by molar-refractivity contribution is 9.10. The first-order valence-electron chi connectivity index (χ1n) is 5.82. The first-order chi connectivity index (χ1) is 7.75. The summed E-state index contributed by atoms with van der Waals surface area (Å²) in [6.07, 6.45) is 4.52. The van der Waals surface area contributed by atoms with Crippen molar-refractivity contribution in [2.45, 2.75) is 38.4 Å². The molecular formula is C12H18BrN3. The van der Waals surface area contributed by atoms with Gasteiger partial charge in [0.05, 0.1) is 5.69 Å². The molecule has 0 bridgehead atoms. The molecule has 0 saturated heterocycles. The summed E-state index contributed by atoms with van der Waals surface area (Å²) in [6, 6.07) is 5.23. The van der Waals surface area contributed by atoms with Crippen LogP contribution in [-0.2, 0) is 6.54 Å². The molecule has 2 rings (SSSR count). The minimum atomic E-state index is 0.481. The Bertz CT molecular complexity index is 339. The lowest BCUT2D eigenvalue weighted by molar-refractivity contribution is 0.496. The second-order valence-corrected chi connectivity index (χ2v) is 5.25. The van der Waals surface area contributed by atoms with Gasteiger partial charge < -0.3 is 10.6 Å². The highest BCUT2D eigenvalue weighted by Gasteiger charge is 2.20. The van der Waals surface area contributed by atoms with E-state index >= 15 is 0 Å². The van der Waals surface area contributed by atoms with Crippen molar-refractivity contribution in [2.75, 3.05) is 6.54 Å². The topological polar surface area (TPSA) is 37.0 Å². The maximum atomic E-state index is 4.33. The van der Waals surface area contributed by atoms with Crippen LogP contribution in [0.15, 0.2) is 22.8 Å². The number of nitrogens with one attached hydrogen (secondary N) is 2. The zero-order valence-electron chi connectivity index (χ0n) is 9.54. The van der Waals surface area contributed by atoms with Crippen molar-refractivity contribution >= 4 is 15.9 Å². The molecule has 0 amide bonds. The van der Waals surface area contributed by atoms with Crippen molar-refractivity contribution in [1.82, 2.24) is 15.6 Å². The van der Waals surface area contributed by atoms with E-state index in [0.717, 1.165) is 29.3 Å². The van der Waals surface area contributed by atoms with Crippen LogP contribution in [0.5, 0.6) is 0 Å². The van der Waals surface area contributed by atoms with Crippen molar-refractivity contribution in [3.63, 3.8) is 0 Å². The second kappa shape index (κ2) is 5.75. The van der Waals surface area contributed by atoms with Crippen molar-refractivity contribution < 1.29 is 0 Å². The molecule has 1 heterocycles. The SMILES string of the molecule is CC(CNC1CC1)NCc1ncccc1Br. The van der Waals surface area contributed by atoms with Crippen LogP contribution >= 0.6 is 15.9 Å². The number of halogens is 1. The highest BCUT2D eigenvalue weighted by Crippen LogP contribution is 2.18. The molecule has 0 aliphatic heterocycles. The van der Waals surface area contributed by atoms with Gasteiger partial charge in [0.25, 0.3) is 0 Å². The Labute approximate surface area is 105 Å². The van der Waals surface area contributed by atoms with Crippen molar-refractivity contribution in [3.8, 4) is 0 Å². The minimum Gasteiger partial charge on any atom is -0.312 e. The molecule has 1 aromatic heterocycles. The van der Waals surface area contributed by atoms with Gasteiger partial charge in [-0.05, 0) is 47.8 Å². The molecule has 1 fully saturated rings. The summed E-state index contributed by atoms with van der Waals surface area (Å²) in [5, 5.41) is 6.98. The molecule has 3 nitrogen and oxygen atoms in total. The maximum Gasteiger partial charge on any atom is 0.0683 e. The first kappa shape index (κ1) is 12.0. The average Bonchev–Trinajstić information content (AvgIpc) is 3.09. The molecule has 1 aromatic rings. The second-order valence-electron chi connectivity index (χ2n) is 4.40. The third-order valence-electron chi connectivity index (χ3n) is 2.74. The number of nitrogens with zero attached hydrogens (tertiary/aromatic N) is 1. The van der Waals surface area contributed by atoms with Gasteiger partial charge in [-0.25, -0.2) is 0 Å². The number of pyridine rings is 1. The number of aromatic nitrogens is 1. The molecule has 1 atom stereocenters. The van der Waals surface area contributed by atoms with Crippen LogP contribution in [0.1, 0.15) is 25.5 Å². The van der Waals surface area contributed by atoms with E-state index in [2.05, 4.69) is 38.5 Å². The Balaban J connectivity index is 1.71. The molecular weight excluding hydrogens is 266 g/mol. The summed E-state index contributed by atoms with van der Waals surface area (Å²) in [6.45, 7) is 4.05. The molecule has 1 aliphatic carbocycles. The lowest BCUT2D eigenvalue weighted by atomic mass is 10.3. The number of rotatable bonds is 6. The highest BCUT2D eigenvalue weighted by atomic mass is 79.9. The van der Waals surface area contributed by atoms with Gasteiger partial charge in [-0.2, -0.15) is 0 Å². The van der Waals surface area contributed by atoms with Crippen LogP contribution in [0.3, 0.4) is 0 Å². The monoisotopic (exact) mass is 283 g/mol. The third-order valence-corrected chi connectivity index (χ3v) is 3.46. The molecule has 16 heavy (non-hydrogen) atoms. The number of hydrogen-bond donors (Lipinski definition) is 2. The van der Waals surface area contributed by atoms with Gasteiger partial charge in [-0.1, -0.05) is 0 Å². The summed E-state index contributed by atoms with van der Waals surface area (Å²) in [4.78, 5) is 4.33. The van der Waals surface area contributed by atoms with E-state index < -0.39 is 0 Å². The third kappa shape index (κ3) is 3.85. The lowest BCUT2D eigenvalue weighted by Gasteiger charge is -2.14. The molecule has 4 heteroatoms. The Morgan fingerprint density at radius 3 is 3.06 bits per heavy atom. The van der Waals surface area contributed by atoms with Crippen molar-refractivity contribution in [2.24, 2.45) is 0 Å². The summed E-state index contributed by atoms with van der Waals surface area (Å²) < 4.78 is 1.07. The quantitative estimate of drug-likeness (QED) is 0.839. The summed E-state index contributed by atoms with van der Waals surface area (Å²) in [7, 11) is 0. The fourth-order valence-corrected chi connectivity index (χ4v) is 1.92. The summed E-state index contributed by atoms with van der Waals surface area (Å²) >= 11 is 3.50. The van der Waals surface area contributed by atoms with Crippen molar-refractivity contribution in [1.29, 1.82) is 0 Å². The fraction of sp³-hybridized carbons (Fsp3) is 0.583. The normalized spacial score (nSPS) is 17.4. The van der Waals surface area contributed by atoms with Gasteiger partial charge in [-0.3, -0.25) is 4.98 Å². The van der Waals surface area contributed by atoms with E-state index in [9.17, 15) is 0 Å². The van der Waals surface area contributed by atoms with E-state index in [1.807, 2.05) is 18.3 Å². The van der Waals surface area contributed by atoms with Gasteiger partial charge in [0.1, 0.15) is 0 Å². The largest absolute Gasteiger partial charge is 0.312 e. The van der Waals surface area contributed by atoms with Gasteiger partial charge >= 0.3 is 0 Å². The van der Waals surface area contributed by atoms with Crippen LogP contribution in [-0.4, -0.2) is 23.6 Å². The lowest BCUT2D eigenvalue weighted by Crippen LogP contribution is -2.37. The standard InChI is InChI=1S/C12H18BrN3/c1-9(7-16-10-4-5-10)15-8-12-11(13)3-2-6-14-12/h2-3,6,9-10,15-16H,4-5,7-8H2,1H3. The van der Waals surface area contributed by atoms with Gasteiger partial charge in [-0.15, -0.1) is 0 Å². The Hall–Kier alpha value is -0.450. The Kier molecular flexibility index (Phi) is 4.32. The summed E-state index contributed by atoms with van der Waals surface area (Å²) in [5.41, 5.74) is 1.07. The Morgan fingerprint density at radius 2 is 2.38 bits per heavy atom. The van der Waals surface area contributed by atoms with Crippen LogP contribution in [0.4, 0.5) is 0 Å². The van der Waals surface area contributed by atoms with Crippen LogP contribution < -0.4 is 10.6 Å². The molecule has 2 N–H and O–H groups in total. The maximum absolute atomic E-state index is 4.33. The molecule has 1 unspecified atom stereocenters. The van der Waals surface area contributed by atoms with Crippen LogP contribution in [0, 0.1) is 0 Å². The number of hydrogen-bond acceptors (Lipinski definition) is 3. The molecule has 88 valence electrons. The van der Waals surface area contributed by atoms with Gasteiger partial charge in [0, 0.05) is 35.8 Å². The van der Waals surface area contributed by atoms with Crippen LogP contribution in [0.2, 0.25) is 0 Å². The Morgan fingerprint density at radius 1 is 1.56 bits per heavy atom. The van der Waals surface area contributed by atoms with E-state index in [-0.39, 0.29) is 0 Å². The van der Waals surface area contributed by atoms with Crippen molar-refractivity contribution in [3.05, 3.63) is 28.5 Å². The fourth-order valence-electron chi connectivity index (χ4n) is 1.52. The van der Waals surface area contributed by atoms with E-state index in [4.69, 9.17) is 0 Å². The van der Waals surface area contributed by atoms with Crippen LogP contribution in [0.25, 0.3) is 0 Å². The summed E-state index contributed by atoms with van der Waals surface area (Å²) in [5.74, 6) is 0. The smallest absolute Gasteiger partial charge is 0.0683 e. The molecule has 1 aliphatic rings. The van der Waals surface area contributed by atoms with E-state index in [0.29, 0.717) is 6.04 Å². The van der Waals surface area contributed by atoms with Gasteiger partial charge in [0.15, 0.2) is 0 Å². The molecule has 0 aromatic carbocycles. The molecule has 0 spiro atoms. The van der Waals surface area contributed by atoms with E-state index in [1.54, 1.807) is 0 Å².